The molecule has 5 fully saturated rings. The highest BCUT2D eigenvalue weighted by Gasteiger charge is 2.64. The van der Waals surface area contributed by atoms with Crippen LogP contribution in [0.3, 0.4) is 0 Å². The van der Waals surface area contributed by atoms with Gasteiger partial charge in [0.25, 0.3) is 0 Å². The molecule has 2 aliphatic heterocycles. The van der Waals surface area contributed by atoms with E-state index >= 15 is 0 Å². The van der Waals surface area contributed by atoms with Crippen molar-refractivity contribution in [3.05, 3.63) is 12.7 Å². The monoisotopic (exact) mass is 733 g/mol. The molecule has 288 valence electrons. The first-order valence-corrected chi connectivity index (χ1v) is 20.9. The van der Waals surface area contributed by atoms with Gasteiger partial charge in [-0.3, -0.25) is 19.7 Å². The average Bonchev–Trinajstić information content (AvgIpc) is 3.93. The summed E-state index contributed by atoms with van der Waals surface area (Å²) in [4.78, 5) is 58.1. The van der Waals surface area contributed by atoms with Crippen LogP contribution in [0.5, 0.6) is 0 Å². The maximum atomic E-state index is 14.7. The molecule has 3 aliphatic carbocycles. The van der Waals surface area contributed by atoms with Crippen LogP contribution in [-0.4, -0.2) is 96.5 Å². The molecule has 3 saturated carbocycles. The maximum Gasteiger partial charge on any atom is 0.315 e. The number of hydrogen-bond donors (Lipinski definition) is 4. The highest BCUT2D eigenvalue weighted by molar-refractivity contribution is 7.92. The predicted molar refractivity (Wildman–Crippen MR) is 196 cm³/mol. The van der Waals surface area contributed by atoms with Crippen molar-refractivity contribution in [1.82, 2.24) is 26.2 Å². The Kier molecular flexibility index (Phi) is 11.5. The Morgan fingerprint density at radius 3 is 2.22 bits per heavy atom. The largest absolute Gasteiger partial charge is 0.345 e. The highest BCUT2D eigenvalue weighted by atomic mass is 32.2. The topological polar surface area (TPSA) is 166 Å². The third kappa shape index (κ3) is 8.51. The molecule has 12 nitrogen and oxygen atoms in total. The van der Waals surface area contributed by atoms with Crippen molar-refractivity contribution in [1.29, 1.82) is 0 Å². The summed E-state index contributed by atoms with van der Waals surface area (Å²) < 4.78 is 31.4. The SMILES string of the molecule is C=CCNC1OC1C(=O)C(CCC)NC(=O)[C@@H]1[C@H]2CCC3(CC3)[C@H]2CN1C(=O)[C@@H](NC(=O)NC1(CS(=O)(=O)C(C)(C)C)CCCCC1)C(C)(C)C. The molecule has 1 spiro atoms. The van der Waals surface area contributed by atoms with Gasteiger partial charge in [-0.2, -0.15) is 0 Å². The van der Waals surface area contributed by atoms with E-state index in [1.165, 1.54) is 0 Å². The zero-order valence-corrected chi connectivity index (χ0v) is 32.8. The van der Waals surface area contributed by atoms with E-state index < -0.39 is 62.0 Å². The van der Waals surface area contributed by atoms with Crippen LogP contribution in [0.15, 0.2) is 12.7 Å². The standard InChI is InChI=1S/C38H63N5O7S/c1-9-14-26(28(44)29-32(50-29)39-21-10-2)40-31(45)27-24-15-18-37(19-20-37)25(24)22-43(27)33(46)30(35(3,4)5)41-34(47)42-38(16-12-11-13-17-38)23-51(48,49)36(6,7)8/h10,24-27,29-30,32,39H,2,9,11-23H2,1,3-8H3,(H,40,45)(H2,41,42,47)/t24-,25-,26?,27-,29?,30+,32?/m0/s1. The molecule has 13 heteroatoms. The van der Waals surface area contributed by atoms with Crippen molar-refractivity contribution in [2.75, 3.05) is 18.8 Å². The van der Waals surface area contributed by atoms with Gasteiger partial charge in [0.1, 0.15) is 18.3 Å². The van der Waals surface area contributed by atoms with E-state index in [4.69, 9.17) is 4.74 Å². The molecule has 4 amide bonds. The molecule has 0 radical (unpaired) electrons. The Labute approximate surface area is 305 Å². The van der Waals surface area contributed by atoms with E-state index in [9.17, 15) is 27.6 Å². The minimum atomic E-state index is -3.55. The second-order valence-electron chi connectivity index (χ2n) is 18.1. The molecule has 5 rings (SSSR count). The first-order valence-electron chi connectivity index (χ1n) is 19.2. The Morgan fingerprint density at radius 1 is 0.980 bits per heavy atom. The molecule has 0 aromatic heterocycles. The fourth-order valence-electron chi connectivity index (χ4n) is 8.95. The predicted octanol–water partition coefficient (Wildman–Crippen LogP) is 3.99. The molecule has 0 aromatic rings. The van der Waals surface area contributed by atoms with E-state index in [2.05, 4.69) is 27.8 Å². The number of nitrogens with one attached hydrogen (secondary N) is 4. The number of urea groups is 1. The number of carbonyl (C=O) groups excluding carboxylic acids is 4. The van der Waals surface area contributed by atoms with Gasteiger partial charge >= 0.3 is 6.03 Å². The fraction of sp³-hybridized carbons (Fsp3) is 0.842. The molecule has 7 atom stereocenters. The van der Waals surface area contributed by atoms with Gasteiger partial charge in [0, 0.05) is 13.1 Å². The van der Waals surface area contributed by atoms with Crippen LogP contribution >= 0.6 is 0 Å². The number of carbonyl (C=O) groups is 4. The second kappa shape index (κ2) is 14.7. The quantitative estimate of drug-likeness (QED) is 0.154. The lowest BCUT2D eigenvalue weighted by Gasteiger charge is -2.41. The molecular formula is C38H63N5O7S. The average molecular weight is 734 g/mol. The number of ether oxygens (including phenoxy) is 1. The summed E-state index contributed by atoms with van der Waals surface area (Å²) in [6, 6.07) is -3.06. The summed E-state index contributed by atoms with van der Waals surface area (Å²) >= 11 is 0. The van der Waals surface area contributed by atoms with E-state index in [0.29, 0.717) is 38.8 Å². The van der Waals surface area contributed by atoms with Gasteiger partial charge in [0.05, 0.1) is 22.1 Å². The van der Waals surface area contributed by atoms with Crippen molar-refractivity contribution in [2.24, 2.45) is 22.7 Å². The number of epoxide rings is 1. The number of rotatable bonds is 14. The Bertz CT molecular complexity index is 1460. The first kappa shape index (κ1) is 39.7. The summed E-state index contributed by atoms with van der Waals surface area (Å²) in [7, 11) is -3.55. The molecule has 4 N–H and O–H groups in total. The van der Waals surface area contributed by atoms with Gasteiger partial charge in [0.2, 0.25) is 11.8 Å². The number of likely N-dealkylation sites (tertiary alicyclic amines) is 1. The third-order valence-corrected chi connectivity index (χ3v) is 15.1. The van der Waals surface area contributed by atoms with Gasteiger partial charge in [-0.25, -0.2) is 13.2 Å². The van der Waals surface area contributed by atoms with E-state index in [-0.39, 0.29) is 40.6 Å². The van der Waals surface area contributed by atoms with Gasteiger partial charge in [-0.1, -0.05) is 59.5 Å². The summed E-state index contributed by atoms with van der Waals surface area (Å²) in [5, 5.41) is 12.2. The van der Waals surface area contributed by atoms with Crippen LogP contribution in [-0.2, 0) is 29.0 Å². The number of Topliss-reactive ketones (excluding diaryl/α,β-unsaturated/α-hetero) is 1. The number of fused-ring (bicyclic) bond motifs is 2. The lowest BCUT2D eigenvalue weighted by atomic mass is 9.83. The van der Waals surface area contributed by atoms with Crippen molar-refractivity contribution >= 4 is 33.5 Å². The minimum Gasteiger partial charge on any atom is -0.345 e. The van der Waals surface area contributed by atoms with Crippen LogP contribution < -0.4 is 21.3 Å². The second-order valence-corrected chi connectivity index (χ2v) is 20.9. The molecule has 2 heterocycles. The Morgan fingerprint density at radius 2 is 1.65 bits per heavy atom. The smallest absolute Gasteiger partial charge is 0.315 e. The lowest BCUT2D eigenvalue weighted by Crippen LogP contribution is -2.63. The van der Waals surface area contributed by atoms with Crippen molar-refractivity contribution in [2.45, 2.75) is 160 Å². The van der Waals surface area contributed by atoms with Crippen molar-refractivity contribution in [3.63, 3.8) is 0 Å². The Hall–Kier alpha value is -2.51. The van der Waals surface area contributed by atoms with Crippen molar-refractivity contribution < 1.29 is 32.3 Å². The molecule has 0 aromatic carbocycles. The number of hydrogen-bond acceptors (Lipinski definition) is 8. The molecule has 51 heavy (non-hydrogen) atoms. The maximum absolute atomic E-state index is 14.7. The lowest BCUT2D eigenvalue weighted by molar-refractivity contribution is -0.143. The van der Waals surface area contributed by atoms with Crippen LogP contribution in [0.4, 0.5) is 4.79 Å². The van der Waals surface area contributed by atoms with E-state index in [1.54, 1.807) is 31.7 Å². The van der Waals surface area contributed by atoms with Crippen LogP contribution in [0, 0.1) is 22.7 Å². The number of amides is 4. The summed E-state index contributed by atoms with van der Waals surface area (Å²) in [5.74, 6) is -0.863. The van der Waals surface area contributed by atoms with Gasteiger partial charge in [-0.05, 0) is 88.4 Å². The van der Waals surface area contributed by atoms with Crippen molar-refractivity contribution in [3.8, 4) is 0 Å². The fourth-order valence-corrected chi connectivity index (χ4v) is 10.5. The number of sulfone groups is 1. The number of ketones is 1. The molecule has 2 saturated heterocycles. The first-order chi connectivity index (χ1) is 23.8. The highest BCUT2D eigenvalue weighted by Crippen LogP contribution is 2.66. The zero-order chi connectivity index (χ0) is 37.6. The molecule has 5 aliphatic rings. The van der Waals surface area contributed by atoms with Crippen LogP contribution in [0.2, 0.25) is 0 Å². The van der Waals surface area contributed by atoms with E-state index in [0.717, 1.165) is 44.9 Å². The van der Waals surface area contributed by atoms with Gasteiger partial charge in [-0.15, -0.1) is 6.58 Å². The molecule has 3 unspecified atom stereocenters. The molecule has 0 bridgehead atoms. The van der Waals surface area contributed by atoms with E-state index in [1.807, 2.05) is 27.7 Å². The summed E-state index contributed by atoms with van der Waals surface area (Å²) in [6.07, 6.45) is 9.47. The number of nitrogens with zero attached hydrogens (tertiary/aromatic N) is 1. The van der Waals surface area contributed by atoms with Gasteiger partial charge < -0.3 is 25.6 Å². The van der Waals surface area contributed by atoms with Crippen LogP contribution in [0.25, 0.3) is 0 Å². The van der Waals surface area contributed by atoms with Gasteiger partial charge in [0.15, 0.2) is 21.7 Å². The minimum absolute atomic E-state index is 0.0319. The Balaban J connectivity index is 1.36. The molecular weight excluding hydrogens is 671 g/mol. The normalized spacial score (nSPS) is 29.1. The van der Waals surface area contributed by atoms with Crippen LogP contribution in [0.1, 0.15) is 119 Å². The summed E-state index contributed by atoms with van der Waals surface area (Å²) in [6.45, 7) is 17.3. The zero-order valence-electron chi connectivity index (χ0n) is 31.9. The third-order valence-electron chi connectivity index (χ3n) is 12.3. The summed E-state index contributed by atoms with van der Waals surface area (Å²) in [5.41, 5.74) is -1.51.